The largest absolute Gasteiger partial charge is 0.465 e. The Morgan fingerprint density at radius 1 is 1.00 bits per heavy atom. The van der Waals surface area contributed by atoms with E-state index >= 15 is 0 Å². The summed E-state index contributed by atoms with van der Waals surface area (Å²) >= 11 is 1.62. The van der Waals surface area contributed by atoms with Gasteiger partial charge in [0.2, 0.25) is 0 Å². The van der Waals surface area contributed by atoms with Crippen molar-refractivity contribution in [3.63, 3.8) is 0 Å². The van der Waals surface area contributed by atoms with Crippen molar-refractivity contribution in [1.29, 1.82) is 0 Å². The van der Waals surface area contributed by atoms with Crippen molar-refractivity contribution in [2.75, 3.05) is 45.4 Å². The van der Waals surface area contributed by atoms with Gasteiger partial charge in [0.1, 0.15) is 0 Å². The van der Waals surface area contributed by atoms with Crippen LogP contribution < -0.4 is 4.90 Å². The number of ether oxygens (including phenoxy) is 3. The molecule has 0 radical (unpaired) electrons. The van der Waals surface area contributed by atoms with Gasteiger partial charge in [0.25, 0.3) is 0 Å². The predicted octanol–water partition coefficient (Wildman–Crippen LogP) is 3.63. The Balaban J connectivity index is 1.76. The third-order valence-electron chi connectivity index (χ3n) is 5.50. The second-order valence-corrected chi connectivity index (χ2v) is 8.32. The minimum absolute atomic E-state index is 0.280. The number of methoxy groups -OCH3 is 2. The van der Waals surface area contributed by atoms with Gasteiger partial charge in [0.15, 0.2) is 5.13 Å². The molecule has 168 valence electrons. The molecule has 9 heteroatoms. The van der Waals surface area contributed by atoms with Crippen molar-refractivity contribution in [1.82, 2.24) is 9.55 Å². The minimum Gasteiger partial charge on any atom is -0.465 e. The summed E-state index contributed by atoms with van der Waals surface area (Å²) in [5.74, 6) is -1.04. The maximum Gasteiger partial charge on any atom is 0.337 e. The number of morpholine rings is 1. The number of nitrogens with zero attached hydrogens (tertiary/aromatic N) is 3. The van der Waals surface area contributed by atoms with Crippen molar-refractivity contribution in [3.8, 4) is 16.9 Å². The average Bonchev–Trinajstić information content (AvgIpc) is 3.42. The normalized spacial score (nSPS) is 13.8. The van der Waals surface area contributed by atoms with Crippen LogP contribution in [0.5, 0.6) is 0 Å². The molecule has 0 N–H and O–H groups in total. The van der Waals surface area contributed by atoms with Gasteiger partial charge in [-0.3, -0.25) is 0 Å². The van der Waals surface area contributed by atoms with Gasteiger partial charge in [0, 0.05) is 41.1 Å². The zero-order chi connectivity index (χ0) is 22.8. The van der Waals surface area contributed by atoms with E-state index in [0.717, 1.165) is 40.9 Å². The Kier molecular flexibility index (Phi) is 6.29. The van der Waals surface area contributed by atoms with E-state index in [0.29, 0.717) is 18.9 Å². The second-order valence-electron chi connectivity index (χ2n) is 7.49. The summed E-state index contributed by atoms with van der Waals surface area (Å²) in [6.45, 7) is 7.07. The lowest BCUT2D eigenvalue weighted by molar-refractivity contribution is 0.0599. The van der Waals surface area contributed by atoms with Crippen molar-refractivity contribution in [2.24, 2.45) is 0 Å². The second kappa shape index (κ2) is 9.13. The third-order valence-corrected chi connectivity index (χ3v) is 6.40. The topological polar surface area (TPSA) is 82.9 Å². The Morgan fingerprint density at radius 3 is 2.22 bits per heavy atom. The highest BCUT2D eigenvalue weighted by Crippen LogP contribution is 2.33. The molecule has 0 spiro atoms. The highest BCUT2D eigenvalue weighted by molar-refractivity contribution is 7.14. The molecule has 0 unspecified atom stereocenters. The SMILES string of the molecule is COC(=O)c1cc(C(=O)OC)cc(-n2c(C)cc(-c3csc(N4CCOCC4)n3)c2C)c1. The highest BCUT2D eigenvalue weighted by atomic mass is 32.1. The molecule has 0 saturated carbocycles. The summed E-state index contributed by atoms with van der Waals surface area (Å²) in [6, 6.07) is 6.96. The molecule has 3 aromatic rings. The van der Waals surface area contributed by atoms with Crippen LogP contribution in [0, 0.1) is 13.8 Å². The predicted molar refractivity (Wildman–Crippen MR) is 122 cm³/mol. The minimum atomic E-state index is -0.519. The lowest BCUT2D eigenvalue weighted by Gasteiger charge is -2.26. The molecule has 1 fully saturated rings. The summed E-state index contributed by atoms with van der Waals surface area (Å²) in [5.41, 5.74) is 5.05. The fourth-order valence-corrected chi connectivity index (χ4v) is 4.80. The number of esters is 2. The number of aryl methyl sites for hydroxylation is 1. The molecular formula is C23H25N3O5S. The van der Waals surface area contributed by atoms with E-state index in [2.05, 4.69) is 16.3 Å². The lowest BCUT2D eigenvalue weighted by Crippen LogP contribution is -2.36. The molecule has 0 bridgehead atoms. The molecule has 1 saturated heterocycles. The number of rotatable bonds is 5. The van der Waals surface area contributed by atoms with E-state index in [9.17, 15) is 9.59 Å². The summed E-state index contributed by atoms with van der Waals surface area (Å²) in [7, 11) is 2.62. The van der Waals surface area contributed by atoms with E-state index < -0.39 is 11.9 Å². The van der Waals surface area contributed by atoms with Crippen LogP contribution in [0.4, 0.5) is 5.13 Å². The Bertz CT molecular complexity index is 1130. The van der Waals surface area contributed by atoms with Crippen LogP contribution in [-0.2, 0) is 14.2 Å². The van der Waals surface area contributed by atoms with Gasteiger partial charge < -0.3 is 23.7 Å². The smallest absolute Gasteiger partial charge is 0.337 e. The molecule has 4 rings (SSSR count). The first kappa shape index (κ1) is 22.0. The van der Waals surface area contributed by atoms with Crippen molar-refractivity contribution in [3.05, 3.63) is 52.2 Å². The molecule has 1 aliphatic heterocycles. The molecule has 8 nitrogen and oxygen atoms in total. The monoisotopic (exact) mass is 455 g/mol. The third kappa shape index (κ3) is 4.13. The number of hydrogen-bond acceptors (Lipinski definition) is 8. The summed E-state index contributed by atoms with van der Waals surface area (Å²) in [4.78, 5) is 31.5. The quantitative estimate of drug-likeness (QED) is 0.543. The molecule has 1 aliphatic rings. The highest BCUT2D eigenvalue weighted by Gasteiger charge is 2.20. The molecule has 0 atom stereocenters. The van der Waals surface area contributed by atoms with Crippen molar-refractivity contribution < 1.29 is 23.8 Å². The van der Waals surface area contributed by atoms with E-state index in [1.54, 1.807) is 23.5 Å². The van der Waals surface area contributed by atoms with E-state index in [-0.39, 0.29) is 11.1 Å². The van der Waals surface area contributed by atoms with Crippen LogP contribution in [0.15, 0.2) is 29.6 Å². The summed E-state index contributed by atoms with van der Waals surface area (Å²) in [5, 5.41) is 3.04. The van der Waals surface area contributed by atoms with E-state index in [4.69, 9.17) is 19.2 Å². The van der Waals surface area contributed by atoms with Gasteiger partial charge in [-0.2, -0.15) is 0 Å². The molecule has 3 heterocycles. The Morgan fingerprint density at radius 2 is 1.62 bits per heavy atom. The lowest BCUT2D eigenvalue weighted by atomic mass is 10.1. The van der Waals surface area contributed by atoms with Gasteiger partial charge in [-0.1, -0.05) is 0 Å². The summed E-state index contributed by atoms with van der Waals surface area (Å²) in [6.07, 6.45) is 0. The number of anilines is 1. The fourth-order valence-electron chi connectivity index (χ4n) is 3.92. The van der Waals surface area contributed by atoms with E-state index in [1.807, 2.05) is 18.4 Å². The molecule has 32 heavy (non-hydrogen) atoms. The van der Waals surface area contributed by atoms with Gasteiger partial charge in [-0.15, -0.1) is 11.3 Å². The van der Waals surface area contributed by atoms with Crippen LogP contribution in [0.1, 0.15) is 32.1 Å². The first-order valence-corrected chi connectivity index (χ1v) is 11.1. The number of carbonyl (C=O) groups excluding carboxylic acids is 2. The van der Waals surface area contributed by atoms with Crippen LogP contribution in [-0.4, -0.2) is 62.0 Å². The number of hydrogen-bond donors (Lipinski definition) is 0. The van der Waals surface area contributed by atoms with Gasteiger partial charge in [-0.05, 0) is 38.1 Å². The fraction of sp³-hybridized carbons (Fsp3) is 0.348. The molecule has 0 amide bonds. The van der Waals surface area contributed by atoms with Crippen molar-refractivity contribution in [2.45, 2.75) is 13.8 Å². The standard InChI is InChI=1S/C23H25N3O5S/c1-14-9-19(20-13-32-23(24-20)25-5-7-31-8-6-25)15(2)26(14)18-11-16(21(27)29-3)10-17(12-18)22(28)30-4/h9-13H,5-8H2,1-4H3. The molecular weight excluding hydrogens is 430 g/mol. The molecule has 2 aromatic heterocycles. The summed E-state index contributed by atoms with van der Waals surface area (Å²) < 4.78 is 17.2. The van der Waals surface area contributed by atoms with Crippen molar-refractivity contribution >= 4 is 28.4 Å². The molecule has 1 aromatic carbocycles. The first-order chi connectivity index (χ1) is 15.4. The Hall–Kier alpha value is -3.17. The zero-order valence-electron chi connectivity index (χ0n) is 18.5. The van der Waals surface area contributed by atoms with Gasteiger partial charge >= 0.3 is 11.9 Å². The maximum absolute atomic E-state index is 12.2. The average molecular weight is 456 g/mol. The molecule has 0 aliphatic carbocycles. The van der Waals surface area contributed by atoms with Gasteiger partial charge in [0.05, 0.1) is 44.3 Å². The maximum atomic E-state index is 12.2. The number of benzene rings is 1. The van der Waals surface area contributed by atoms with Crippen LogP contribution in [0.25, 0.3) is 16.9 Å². The Labute approximate surface area is 190 Å². The number of thiazole rings is 1. The van der Waals surface area contributed by atoms with Crippen LogP contribution >= 0.6 is 11.3 Å². The number of carbonyl (C=O) groups is 2. The van der Waals surface area contributed by atoms with Crippen LogP contribution in [0.2, 0.25) is 0 Å². The van der Waals surface area contributed by atoms with Gasteiger partial charge in [-0.25, -0.2) is 14.6 Å². The van der Waals surface area contributed by atoms with E-state index in [1.165, 1.54) is 20.3 Å². The zero-order valence-corrected chi connectivity index (χ0v) is 19.3. The first-order valence-electron chi connectivity index (χ1n) is 10.2. The number of aromatic nitrogens is 2. The van der Waals surface area contributed by atoms with Crippen LogP contribution in [0.3, 0.4) is 0 Å².